The van der Waals surface area contributed by atoms with Crippen molar-refractivity contribution in [3.05, 3.63) is 38.9 Å². The number of hydrogen-bond acceptors (Lipinski definition) is 4. The van der Waals surface area contributed by atoms with E-state index in [4.69, 9.17) is 11.6 Å². The summed E-state index contributed by atoms with van der Waals surface area (Å²) in [6.45, 7) is 1.39. The molecule has 1 aliphatic heterocycles. The van der Waals surface area contributed by atoms with Crippen LogP contribution in [0.15, 0.2) is 18.2 Å². The van der Waals surface area contributed by atoms with Gasteiger partial charge in [0.15, 0.2) is 0 Å². The first-order valence-corrected chi connectivity index (χ1v) is 6.81. The van der Waals surface area contributed by atoms with Crippen LogP contribution in [-0.2, 0) is 0 Å². The van der Waals surface area contributed by atoms with E-state index < -0.39 is 4.92 Å². The fraction of sp³-hybridized carbons (Fsp3) is 0.462. The first-order valence-electron chi connectivity index (χ1n) is 6.43. The number of benzene rings is 1. The second kappa shape index (κ2) is 7.59. The Balaban J connectivity index is 0.00000220. The van der Waals surface area contributed by atoms with Crippen LogP contribution < -0.4 is 5.32 Å². The van der Waals surface area contributed by atoms with Crippen LogP contribution in [0, 0.1) is 10.1 Å². The Bertz CT molecular complexity index is 539. The van der Waals surface area contributed by atoms with Gasteiger partial charge in [0.25, 0.3) is 11.6 Å². The zero-order chi connectivity index (χ0) is 14.7. The molecule has 1 heterocycles. The summed E-state index contributed by atoms with van der Waals surface area (Å²) in [5.41, 5.74) is 0.109. The lowest BCUT2D eigenvalue weighted by atomic mass is 10.1. The minimum atomic E-state index is -0.544. The number of nitro groups is 1. The van der Waals surface area contributed by atoms with Gasteiger partial charge in [-0.1, -0.05) is 11.6 Å². The SMILES string of the molecule is CNCC1CCCN1C(=O)c1cc(Cl)cc([N+](=O)[O-])c1.Cl. The molecule has 1 unspecified atom stereocenters. The first kappa shape index (κ1) is 17.7. The van der Waals surface area contributed by atoms with Crippen LogP contribution in [0.2, 0.25) is 5.02 Å². The molecule has 0 aromatic heterocycles. The fourth-order valence-electron chi connectivity index (χ4n) is 2.52. The van der Waals surface area contributed by atoms with Gasteiger partial charge in [-0.2, -0.15) is 0 Å². The second-order valence-corrected chi connectivity index (χ2v) is 5.24. The maximum absolute atomic E-state index is 12.5. The lowest BCUT2D eigenvalue weighted by Gasteiger charge is -2.24. The molecule has 0 bridgehead atoms. The predicted molar refractivity (Wildman–Crippen MR) is 83.3 cm³/mol. The predicted octanol–water partition coefficient (Wildman–Crippen LogP) is 2.49. The van der Waals surface area contributed by atoms with Crippen LogP contribution in [0.5, 0.6) is 0 Å². The number of likely N-dealkylation sites (tertiary alicyclic amines) is 1. The highest BCUT2D eigenvalue weighted by atomic mass is 35.5. The van der Waals surface area contributed by atoms with Gasteiger partial charge in [0.1, 0.15) is 0 Å². The summed E-state index contributed by atoms with van der Waals surface area (Å²) in [6.07, 6.45) is 1.88. The summed E-state index contributed by atoms with van der Waals surface area (Å²) >= 11 is 5.85. The van der Waals surface area contributed by atoms with E-state index in [2.05, 4.69) is 5.32 Å². The molecule has 1 fully saturated rings. The molecule has 0 aliphatic carbocycles. The van der Waals surface area contributed by atoms with Gasteiger partial charge in [-0.25, -0.2) is 0 Å². The van der Waals surface area contributed by atoms with Gasteiger partial charge >= 0.3 is 0 Å². The van der Waals surface area contributed by atoms with E-state index in [-0.39, 0.29) is 40.6 Å². The van der Waals surface area contributed by atoms with Gasteiger partial charge in [-0.05, 0) is 26.0 Å². The Kier molecular flexibility index (Phi) is 6.39. The zero-order valence-electron chi connectivity index (χ0n) is 11.5. The number of carbonyl (C=O) groups excluding carboxylic acids is 1. The monoisotopic (exact) mass is 333 g/mol. The topological polar surface area (TPSA) is 75.5 Å². The van der Waals surface area contributed by atoms with Crippen LogP contribution >= 0.6 is 24.0 Å². The van der Waals surface area contributed by atoms with E-state index in [1.165, 1.54) is 18.2 Å². The highest BCUT2D eigenvalue weighted by Crippen LogP contribution is 2.25. The number of non-ortho nitro benzene ring substituents is 1. The minimum Gasteiger partial charge on any atom is -0.334 e. The average Bonchev–Trinajstić information content (AvgIpc) is 2.85. The van der Waals surface area contributed by atoms with Crippen molar-refractivity contribution in [2.24, 2.45) is 0 Å². The molecule has 1 aliphatic rings. The Hall–Kier alpha value is -1.37. The smallest absolute Gasteiger partial charge is 0.271 e. The molecule has 21 heavy (non-hydrogen) atoms. The Morgan fingerprint density at radius 2 is 2.24 bits per heavy atom. The molecule has 1 N–H and O–H groups in total. The van der Waals surface area contributed by atoms with Crippen molar-refractivity contribution in [2.45, 2.75) is 18.9 Å². The third-order valence-electron chi connectivity index (χ3n) is 3.42. The van der Waals surface area contributed by atoms with E-state index in [1.807, 2.05) is 7.05 Å². The third-order valence-corrected chi connectivity index (χ3v) is 3.64. The van der Waals surface area contributed by atoms with Gasteiger partial charge in [0, 0.05) is 41.9 Å². The van der Waals surface area contributed by atoms with Crippen molar-refractivity contribution in [3.63, 3.8) is 0 Å². The van der Waals surface area contributed by atoms with Gasteiger partial charge in [-0.3, -0.25) is 14.9 Å². The minimum absolute atomic E-state index is 0. The summed E-state index contributed by atoms with van der Waals surface area (Å²) in [5.74, 6) is -0.201. The fourth-order valence-corrected chi connectivity index (χ4v) is 2.75. The van der Waals surface area contributed by atoms with Crippen LogP contribution in [-0.4, -0.2) is 41.9 Å². The van der Waals surface area contributed by atoms with Crippen molar-refractivity contribution in [2.75, 3.05) is 20.1 Å². The molecule has 1 atom stereocenters. The van der Waals surface area contributed by atoms with E-state index in [1.54, 1.807) is 4.90 Å². The van der Waals surface area contributed by atoms with E-state index in [9.17, 15) is 14.9 Å². The lowest BCUT2D eigenvalue weighted by Crippen LogP contribution is -2.40. The highest BCUT2D eigenvalue weighted by molar-refractivity contribution is 6.31. The quantitative estimate of drug-likeness (QED) is 0.678. The van der Waals surface area contributed by atoms with Crippen molar-refractivity contribution in [1.82, 2.24) is 10.2 Å². The number of rotatable bonds is 4. The Morgan fingerprint density at radius 1 is 1.52 bits per heavy atom. The molecule has 2 rings (SSSR count). The van der Waals surface area contributed by atoms with Gasteiger partial charge < -0.3 is 10.2 Å². The number of carbonyl (C=O) groups is 1. The molecule has 8 heteroatoms. The number of likely N-dealkylation sites (N-methyl/N-ethyl adjacent to an activating group) is 1. The normalized spacial score (nSPS) is 17.4. The van der Waals surface area contributed by atoms with E-state index in [0.29, 0.717) is 13.1 Å². The molecular formula is C13H17Cl2N3O3. The highest BCUT2D eigenvalue weighted by Gasteiger charge is 2.29. The molecule has 0 radical (unpaired) electrons. The van der Waals surface area contributed by atoms with Crippen molar-refractivity contribution in [3.8, 4) is 0 Å². The summed E-state index contributed by atoms with van der Waals surface area (Å²) < 4.78 is 0. The molecular weight excluding hydrogens is 317 g/mol. The summed E-state index contributed by atoms with van der Waals surface area (Å²) in [7, 11) is 1.84. The van der Waals surface area contributed by atoms with Crippen LogP contribution in [0.3, 0.4) is 0 Å². The summed E-state index contributed by atoms with van der Waals surface area (Å²) in [4.78, 5) is 24.5. The van der Waals surface area contributed by atoms with E-state index in [0.717, 1.165) is 12.8 Å². The standard InChI is InChI=1S/C13H16ClN3O3.ClH/c1-15-8-11-3-2-4-16(11)13(18)9-5-10(14)7-12(6-9)17(19)20;/h5-7,11,15H,2-4,8H2,1H3;1H. The molecule has 1 aromatic rings. The largest absolute Gasteiger partial charge is 0.334 e. The van der Waals surface area contributed by atoms with Gasteiger partial charge in [0.2, 0.25) is 0 Å². The number of halogens is 2. The van der Waals surface area contributed by atoms with Gasteiger partial charge in [-0.15, -0.1) is 12.4 Å². The van der Waals surface area contributed by atoms with Crippen molar-refractivity contribution in [1.29, 1.82) is 0 Å². The molecule has 1 amide bonds. The molecule has 6 nitrogen and oxygen atoms in total. The van der Waals surface area contributed by atoms with Crippen LogP contribution in [0.4, 0.5) is 5.69 Å². The maximum Gasteiger partial charge on any atom is 0.271 e. The molecule has 0 saturated carbocycles. The lowest BCUT2D eigenvalue weighted by molar-refractivity contribution is -0.384. The van der Waals surface area contributed by atoms with E-state index >= 15 is 0 Å². The summed E-state index contributed by atoms with van der Waals surface area (Å²) in [6, 6.07) is 4.13. The van der Waals surface area contributed by atoms with Crippen LogP contribution in [0.1, 0.15) is 23.2 Å². The number of nitrogens with one attached hydrogen (secondary N) is 1. The molecule has 1 saturated heterocycles. The van der Waals surface area contributed by atoms with Crippen molar-refractivity contribution >= 4 is 35.6 Å². The average molecular weight is 334 g/mol. The summed E-state index contributed by atoms with van der Waals surface area (Å²) in [5, 5.41) is 14.1. The third kappa shape index (κ3) is 4.06. The van der Waals surface area contributed by atoms with Crippen molar-refractivity contribution < 1.29 is 9.72 Å². The van der Waals surface area contributed by atoms with Gasteiger partial charge in [0.05, 0.1) is 4.92 Å². The number of nitro benzene ring substituents is 1. The van der Waals surface area contributed by atoms with Crippen LogP contribution in [0.25, 0.3) is 0 Å². The zero-order valence-corrected chi connectivity index (χ0v) is 13.1. The second-order valence-electron chi connectivity index (χ2n) is 4.81. The molecule has 116 valence electrons. The molecule has 1 aromatic carbocycles. The number of hydrogen-bond donors (Lipinski definition) is 1. The first-order chi connectivity index (χ1) is 9.52. The Morgan fingerprint density at radius 3 is 2.86 bits per heavy atom. The number of nitrogens with zero attached hydrogens (tertiary/aromatic N) is 2. The maximum atomic E-state index is 12.5. The Labute approximate surface area is 134 Å². The number of amides is 1. The molecule has 0 spiro atoms.